The van der Waals surface area contributed by atoms with Crippen LogP contribution in [0.4, 0.5) is 0 Å². The van der Waals surface area contributed by atoms with Gasteiger partial charge in [-0.3, -0.25) is 0 Å². The summed E-state index contributed by atoms with van der Waals surface area (Å²) in [5.74, 6) is 0. The van der Waals surface area contributed by atoms with E-state index in [1.807, 2.05) is 0 Å². The first-order chi connectivity index (χ1) is 11.5. The van der Waals surface area contributed by atoms with Crippen LogP contribution in [0.3, 0.4) is 0 Å². The van der Waals surface area contributed by atoms with Crippen LogP contribution >= 0.6 is 18.6 Å². The van der Waals surface area contributed by atoms with Gasteiger partial charge in [-0.25, -0.2) is 23.3 Å². The Labute approximate surface area is 169 Å². The van der Waals surface area contributed by atoms with E-state index in [4.69, 9.17) is 18.6 Å². The van der Waals surface area contributed by atoms with Crippen molar-refractivity contribution in [3.8, 4) is 0 Å². The number of aryl methyl sites for hydroxylation is 4. The second-order valence-corrected chi connectivity index (χ2v) is 9.48. The predicted molar refractivity (Wildman–Crippen MR) is 112 cm³/mol. The molecule has 2 aromatic carbocycles. The molecule has 0 aromatic heterocycles. The molecule has 0 spiro atoms. The summed E-state index contributed by atoms with van der Waals surface area (Å²) in [6.45, 7) is 13.1. The summed E-state index contributed by atoms with van der Waals surface area (Å²) >= 11 is -0.556. The molecule has 137 valence electrons. The minimum absolute atomic E-state index is 0.556. The van der Waals surface area contributed by atoms with Gasteiger partial charge >= 0.3 is 35.6 Å². The molecule has 0 heterocycles. The van der Waals surface area contributed by atoms with Crippen LogP contribution in [-0.2, 0) is 29.9 Å². The van der Waals surface area contributed by atoms with Crippen molar-refractivity contribution in [1.82, 2.24) is 0 Å². The molecular weight excluding hydrogens is 387 g/mol. The van der Waals surface area contributed by atoms with Gasteiger partial charge in [-0.15, -0.1) is 0 Å². The third-order valence-electron chi connectivity index (χ3n) is 3.02. The Morgan fingerprint density at radius 1 is 0.875 bits per heavy atom. The van der Waals surface area contributed by atoms with Gasteiger partial charge in [0.1, 0.15) is 0 Å². The molecule has 4 heteroatoms. The Morgan fingerprint density at radius 2 is 1.17 bits per heavy atom. The van der Waals surface area contributed by atoms with Crippen molar-refractivity contribution in [3.05, 3.63) is 58.7 Å². The molecule has 0 aliphatic heterocycles. The Bertz CT molecular complexity index is 433. The van der Waals surface area contributed by atoms with Gasteiger partial charge in [0.25, 0.3) is 0 Å². The summed E-state index contributed by atoms with van der Waals surface area (Å²) in [5.41, 5.74) is 5.74. The van der Waals surface area contributed by atoms with Crippen molar-refractivity contribution >= 4 is 28.1 Å². The van der Waals surface area contributed by atoms with Gasteiger partial charge in [-0.05, 0) is 0 Å². The molecular formula is C20H33Cl2SiTi-2. The first-order valence-electron chi connectivity index (χ1n) is 8.63. The van der Waals surface area contributed by atoms with Crippen LogP contribution in [0, 0.1) is 13.8 Å². The molecule has 0 fully saturated rings. The van der Waals surface area contributed by atoms with E-state index in [2.05, 4.69) is 77.2 Å². The average Bonchev–Trinajstić information content (AvgIpc) is 3.11. The molecule has 0 saturated heterocycles. The Kier molecular flexibility index (Phi) is 21.5. The molecule has 0 amide bonds. The average molecular weight is 420 g/mol. The van der Waals surface area contributed by atoms with E-state index in [0.29, 0.717) is 0 Å². The van der Waals surface area contributed by atoms with Gasteiger partial charge in [0.15, 0.2) is 0 Å². The summed E-state index contributed by atoms with van der Waals surface area (Å²) in [6, 6.07) is 13.3. The molecule has 1 radical (unpaired) electrons. The van der Waals surface area contributed by atoms with E-state index in [0.717, 1.165) is 9.52 Å². The third kappa shape index (κ3) is 17.0. The standard InChI is InChI=1S/2C9H13.C2H7Si.2ClH.Ti/c2*1-3-4-9-6-5-8(2)7-9;1-3-2;;;/h2*5-7H,3-4H2,1-2H3;3H,1-2H3;2*1H;/q2*-1;;;;+2/p-2. The van der Waals surface area contributed by atoms with Crippen LogP contribution in [0.15, 0.2) is 36.4 Å². The predicted octanol–water partition coefficient (Wildman–Crippen LogP) is 7.23. The third-order valence-corrected chi connectivity index (χ3v) is 3.02. The molecule has 0 aliphatic rings. The molecule has 0 nitrogen and oxygen atoms in total. The zero-order valence-electron chi connectivity index (χ0n) is 16.1. The fourth-order valence-corrected chi connectivity index (χ4v) is 2.14. The van der Waals surface area contributed by atoms with Crippen LogP contribution in [0.2, 0.25) is 13.1 Å². The first kappa shape index (κ1) is 26.4. The summed E-state index contributed by atoms with van der Waals surface area (Å²) < 4.78 is 0. The van der Waals surface area contributed by atoms with E-state index in [1.165, 1.54) is 47.9 Å². The van der Waals surface area contributed by atoms with Crippen molar-refractivity contribution in [1.29, 1.82) is 0 Å². The summed E-state index contributed by atoms with van der Waals surface area (Å²) in [6.07, 6.45) is 4.97. The number of halogens is 2. The van der Waals surface area contributed by atoms with Gasteiger partial charge in [0, 0.05) is 9.52 Å². The van der Waals surface area contributed by atoms with E-state index in [1.54, 1.807) is 0 Å². The van der Waals surface area contributed by atoms with Gasteiger partial charge in [-0.1, -0.05) is 66.5 Å². The molecule has 24 heavy (non-hydrogen) atoms. The Balaban J connectivity index is 0. The van der Waals surface area contributed by atoms with Gasteiger partial charge in [0.05, 0.1) is 0 Å². The summed E-state index contributed by atoms with van der Waals surface area (Å²) in [5, 5.41) is 0. The van der Waals surface area contributed by atoms with E-state index < -0.39 is 17.0 Å². The number of hydrogen-bond acceptors (Lipinski definition) is 0. The van der Waals surface area contributed by atoms with Crippen molar-refractivity contribution < 1.29 is 17.0 Å². The maximum atomic E-state index is 4.89. The monoisotopic (exact) mass is 419 g/mol. The van der Waals surface area contributed by atoms with E-state index >= 15 is 0 Å². The fourth-order valence-electron chi connectivity index (χ4n) is 2.14. The van der Waals surface area contributed by atoms with E-state index in [9.17, 15) is 0 Å². The zero-order chi connectivity index (χ0) is 18.8. The van der Waals surface area contributed by atoms with Crippen LogP contribution < -0.4 is 0 Å². The normalized spacial score (nSPS) is 8.83. The van der Waals surface area contributed by atoms with Crippen LogP contribution in [0.5, 0.6) is 0 Å². The molecule has 0 bridgehead atoms. The quantitative estimate of drug-likeness (QED) is 0.362. The second-order valence-electron chi connectivity index (χ2n) is 5.74. The fraction of sp³-hybridized carbons (Fsp3) is 0.500. The van der Waals surface area contributed by atoms with Crippen LogP contribution in [-0.4, -0.2) is 9.52 Å². The zero-order valence-corrected chi connectivity index (χ0v) is 20.4. The Morgan fingerprint density at radius 3 is 1.33 bits per heavy atom. The van der Waals surface area contributed by atoms with Crippen LogP contribution in [0.25, 0.3) is 0 Å². The van der Waals surface area contributed by atoms with Gasteiger partial charge < -0.3 is 0 Å². The van der Waals surface area contributed by atoms with Crippen molar-refractivity contribution in [3.63, 3.8) is 0 Å². The van der Waals surface area contributed by atoms with Crippen molar-refractivity contribution in [2.75, 3.05) is 0 Å². The van der Waals surface area contributed by atoms with Crippen LogP contribution in [0.1, 0.15) is 48.9 Å². The van der Waals surface area contributed by atoms with Crippen molar-refractivity contribution in [2.24, 2.45) is 0 Å². The minimum atomic E-state index is -0.556. The molecule has 0 atom stereocenters. The summed E-state index contributed by atoms with van der Waals surface area (Å²) in [7, 11) is 10.5. The van der Waals surface area contributed by atoms with Gasteiger partial charge in [-0.2, -0.15) is 35.4 Å². The van der Waals surface area contributed by atoms with E-state index in [-0.39, 0.29) is 0 Å². The first-order valence-corrected chi connectivity index (χ1v) is 15.2. The summed E-state index contributed by atoms with van der Waals surface area (Å²) in [4.78, 5) is 0. The Hall–Kier alpha value is 0.211. The van der Waals surface area contributed by atoms with Crippen molar-refractivity contribution in [2.45, 2.75) is 66.5 Å². The molecule has 0 saturated carbocycles. The molecule has 0 N–H and O–H groups in total. The molecule has 2 aromatic rings. The molecule has 0 aliphatic carbocycles. The molecule has 0 unspecified atom stereocenters. The molecule has 2 rings (SSSR count). The number of hydrogen-bond donors (Lipinski definition) is 0. The topological polar surface area (TPSA) is 0 Å². The number of rotatable bonds is 4. The second kappa shape index (κ2) is 19.5. The maximum absolute atomic E-state index is 4.89. The van der Waals surface area contributed by atoms with Gasteiger partial charge in [0.2, 0.25) is 0 Å². The SMILES string of the molecule is CCCc1cc(C)c[cH-]1.CCCc1cc(C)c[cH-]1.C[SiH]C.[Cl][Ti][Cl].